The highest BCUT2D eigenvalue weighted by atomic mass is 16.8. The summed E-state index contributed by atoms with van der Waals surface area (Å²) in [6, 6.07) is 3.63. The second kappa shape index (κ2) is 6.30. The molecule has 0 N–H and O–H groups in total. The molecule has 76 valence electrons. The normalized spacial score (nSPS) is 26.4. The third-order valence-corrected chi connectivity index (χ3v) is 1.49. The second-order valence-corrected chi connectivity index (χ2v) is 2.42. The Morgan fingerprint density at radius 3 is 1.79 bits per heavy atom. The van der Waals surface area contributed by atoms with E-state index in [9.17, 15) is 0 Å². The summed E-state index contributed by atoms with van der Waals surface area (Å²) < 4.78 is 20.3. The maximum atomic E-state index is 8.29. The first-order valence-electron chi connectivity index (χ1n) is 4.09. The molecule has 1 rings (SSSR count). The van der Waals surface area contributed by atoms with Crippen LogP contribution in [0.25, 0.3) is 0 Å². The van der Waals surface area contributed by atoms with Crippen LogP contribution in [0.3, 0.4) is 0 Å². The molecule has 1 heterocycles. The monoisotopic (exact) mass is 198 g/mol. The lowest BCUT2D eigenvalue weighted by Gasteiger charge is -2.29. The Kier molecular flexibility index (Phi) is 4.90. The van der Waals surface area contributed by atoms with Crippen LogP contribution in [0.15, 0.2) is 0 Å². The van der Waals surface area contributed by atoms with Crippen LogP contribution in [0.1, 0.15) is 0 Å². The topological polar surface area (TPSA) is 84.5 Å². The molecule has 0 radical (unpaired) electrons. The summed E-state index contributed by atoms with van der Waals surface area (Å²) in [5.74, 6) is 0. The summed E-state index contributed by atoms with van der Waals surface area (Å²) in [4.78, 5) is 0. The van der Waals surface area contributed by atoms with Crippen molar-refractivity contribution in [3.8, 4) is 12.1 Å². The smallest absolute Gasteiger partial charge is 0.210 e. The molecule has 0 amide bonds. The van der Waals surface area contributed by atoms with Crippen LogP contribution in [0.5, 0.6) is 0 Å². The molecule has 1 fully saturated rings. The number of hydrogen-bond acceptors (Lipinski definition) is 6. The van der Waals surface area contributed by atoms with E-state index < -0.39 is 12.6 Å². The van der Waals surface area contributed by atoms with E-state index in [2.05, 4.69) is 0 Å². The minimum Gasteiger partial charge on any atom is -0.346 e. The van der Waals surface area contributed by atoms with Crippen molar-refractivity contribution in [1.82, 2.24) is 0 Å². The van der Waals surface area contributed by atoms with Gasteiger partial charge in [-0.2, -0.15) is 10.5 Å². The predicted octanol–water partition coefficient (Wildman–Crippen LogP) is -0.234. The van der Waals surface area contributed by atoms with E-state index in [1.165, 1.54) is 0 Å². The van der Waals surface area contributed by atoms with Crippen molar-refractivity contribution in [2.24, 2.45) is 0 Å². The number of nitriles is 2. The zero-order chi connectivity index (χ0) is 10.2. The minimum atomic E-state index is -0.725. The zero-order valence-electron chi connectivity index (χ0n) is 7.51. The number of rotatable bonds is 4. The molecule has 6 heteroatoms. The van der Waals surface area contributed by atoms with Gasteiger partial charge in [0.25, 0.3) is 0 Å². The molecule has 0 unspecified atom stereocenters. The number of nitrogens with zero attached hydrogens (tertiary/aromatic N) is 2. The predicted molar refractivity (Wildman–Crippen MR) is 42.6 cm³/mol. The van der Waals surface area contributed by atoms with Crippen LogP contribution in [-0.2, 0) is 18.9 Å². The van der Waals surface area contributed by atoms with Crippen molar-refractivity contribution >= 4 is 0 Å². The van der Waals surface area contributed by atoms with Crippen LogP contribution < -0.4 is 0 Å². The highest BCUT2D eigenvalue weighted by molar-refractivity contribution is 4.71. The van der Waals surface area contributed by atoms with E-state index in [0.29, 0.717) is 13.2 Å². The quantitative estimate of drug-likeness (QED) is 0.620. The van der Waals surface area contributed by atoms with Gasteiger partial charge >= 0.3 is 0 Å². The van der Waals surface area contributed by atoms with Crippen molar-refractivity contribution in [2.45, 2.75) is 12.6 Å². The third-order valence-electron chi connectivity index (χ3n) is 1.49. The SMILES string of the molecule is N#CCO[C@@H]1OCCO[C@H]1OCC#N. The molecule has 0 saturated carbocycles. The van der Waals surface area contributed by atoms with Gasteiger partial charge in [-0.3, -0.25) is 0 Å². The fourth-order valence-electron chi connectivity index (χ4n) is 0.978. The number of hydrogen-bond donors (Lipinski definition) is 0. The van der Waals surface area contributed by atoms with Crippen LogP contribution >= 0.6 is 0 Å². The summed E-state index contributed by atoms with van der Waals surface area (Å²) in [5.41, 5.74) is 0. The first-order chi connectivity index (χ1) is 6.88. The van der Waals surface area contributed by atoms with Gasteiger partial charge in [0, 0.05) is 0 Å². The van der Waals surface area contributed by atoms with Gasteiger partial charge in [0.15, 0.2) is 0 Å². The molecule has 0 aliphatic carbocycles. The fourth-order valence-corrected chi connectivity index (χ4v) is 0.978. The molecule has 2 atom stereocenters. The Labute approximate surface area is 81.5 Å². The lowest BCUT2D eigenvalue weighted by molar-refractivity contribution is -0.314. The van der Waals surface area contributed by atoms with E-state index in [0.717, 1.165) is 0 Å². The molecular weight excluding hydrogens is 188 g/mol. The van der Waals surface area contributed by atoms with Gasteiger partial charge in [0.1, 0.15) is 13.2 Å². The maximum absolute atomic E-state index is 8.29. The standard InChI is InChI=1S/C8H10N2O4/c9-1-3-11-7-8(12-4-2-10)14-6-5-13-7/h7-8H,3-6H2/t7-,8-/m1/s1. The number of ether oxygens (including phenoxy) is 4. The van der Waals surface area contributed by atoms with Crippen molar-refractivity contribution in [3.05, 3.63) is 0 Å². The highest BCUT2D eigenvalue weighted by Gasteiger charge is 2.28. The molecular formula is C8H10N2O4. The largest absolute Gasteiger partial charge is 0.346 e. The minimum absolute atomic E-state index is 0.0968. The van der Waals surface area contributed by atoms with Gasteiger partial charge < -0.3 is 18.9 Å². The molecule has 0 bridgehead atoms. The molecule has 0 aromatic carbocycles. The lowest BCUT2D eigenvalue weighted by Crippen LogP contribution is -2.42. The Balaban J connectivity index is 2.35. The molecule has 1 saturated heterocycles. The summed E-state index contributed by atoms with van der Waals surface area (Å²) in [7, 11) is 0. The summed E-state index contributed by atoms with van der Waals surface area (Å²) in [6.45, 7) is 0.589. The first-order valence-corrected chi connectivity index (χ1v) is 4.09. The van der Waals surface area contributed by atoms with Gasteiger partial charge in [-0.1, -0.05) is 0 Å². The maximum Gasteiger partial charge on any atom is 0.210 e. The Bertz CT molecular complexity index is 219. The second-order valence-electron chi connectivity index (χ2n) is 2.42. The Hall–Kier alpha value is -1.18. The van der Waals surface area contributed by atoms with Gasteiger partial charge in [-0.05, 0) is 0 Å². The van der Waals surface area contributed by atoms with Crippen LogP contribution in [-0.4, -0.2) is 39.0 Å². The molecule has 0 aromatic rings. The molecule has 14 heavy (non-hydrogen) atoms. The van der Waals surface area contributed by atoms with E-state index in [1.807, 2.05) is 12.1 Å². The van der Waals surface area contributed by atoms with Crippen LogP contribution in [0.2, 0.25) is 0 Å². The van der Waals surface area contributed by atoms with Gasteiger partial charge in [0.05, 0.1) is 25.4 Å². The lowest BCUT2D eigenvalue weighted by atomic mass is 10.5. The van der Waals surface area contributed by atoms with Crippen LogP contribution in [0, 0.1) is 22.7 Å². The zero-order valence-corrected chi connectivity index (χ0v) is 7.51. The average Bonchev–Trinajstić information content (AvgIpc) is 2.24. The summed E-state index contributed by atoms with van der Waals surface area (Å²) in [5, 5.41) is 16.6. The van der Waals surface area contributed by atoms with Crippen molar-refractivity contribution in [2.75, 3.05) is 26.4 Å². The Morgan fingerprint density at radius 1 is 1.00 bits per heavy atom. The molecule has 1 aliphatic heterocycles. The van der Waals surface area contributed by atoms with Gasteiger partial charge in [-0.25, -0.2) is 0 Å². The highest BCUT2D eigenvalue weighted by Crippen LogP contribution is 2.12. The Morgan fingerprint density at radius 2 is 1.43 bits per heavy atom. The van der Waals surface area contributed by atoms with E-state index in [1.54, 1.807) is 0 Å². The van der Waals surface area contributed by atoms with E-state index >= 15 is 0 Å². The molecule has 1 aliphatic rings. The van der Waals surface area contributed by atoms with Gasteiger partial charge in [0.2, 0.25) is 12.6 Å². The van der Waals surface area contributed by atoms with Crippen molar-refractivity contribution in [1.29, 1.82) is 10.5 Å². The molecule has 0 aromatic heterocycles. The first kappa shape index (κ1) is 10.9. The van der Waals surface area contributed by atoms with Crippen LogP contribution in [0.4, 0.5) is 0 Å². The average molecular weight is 198 g/mol. The summed E-state index contributed by atoms with van der Waals surface area (Å²) >= 11 is 0. The van der Waals surface area contributed by atoms with Crippen molar-refractivity contribution < 1.29 is 18.9 Å². The van der Waals surface area contributed by atoms with Crippen molar-refractivity contribution in [3.63, 3.8) is 0 Å². The molecule has 6 nitrogen and oxygen atoms in total. The summed E-state index contributed by atoms with van der Waals surface area (Å²) in [6.07, 6.45) is -1.45. The van der Waals surface area contributed by atoms with Gasteiger partial charge in [-0.15, -0.1) is 0 Å². The fraction of sp³-hybridized carbons (Fsp3) is 0.750. The molecule has 0 spiro atoms. The van der Waals surface area contributed by atoms with E-state index in [4.69, 9.17) is 29.5 Å². The third kappa shape index (κ3) is 3.29. The van der Waals surface area contributed by atoms with E-state index in [-0.39, 0.29) is 13.2 Å².